The van der Waals surface area contributed by atoms with Crippen molar-refractivity contribution in [2.75, 3.05) is 13.2 Å². The summed E-state index contributed by atoms with van der Waals surface area (Å²) in [6, 6.07) is 0. The molecule has 1 rings (SSSR count). The quantitative estimate of drug-likeness (QED) is 0.641. The van der Waals surface area contributed by atoms with E-state index in [1.54, 1.807) is 0 Å². The van der Waals surface area contributed by atoms with Gasteiger partial charge in [0.25, 0.3) is 0 Å². The Balaban J connectivity index is 2.23. The van der Waals surface area contributed by atoms with Gasteiger partial charge in [0.2, 0.25) is 0 Å². The van der Waals surface area contributed by atoms with E-state index in [2.05, 4.69) is 0 Å². The summed E-state index contributed by atoms with van der Waals surface area (Å²) in [5.74, 6) is -1.04. The predicted octanol–water partition coefficient (Wildman–Crippen LogP) is 0.441. The van der Waals surface area contributed by atoms with Crippen molar-refractivity contribution >= 4 is 17.6 Å². The summed E-state index contributed by atoms with van der Waals surface area (Å²) in [5.41, 5.74) is 0. The largest absolute Gasteiger partial charge is 0.480 e. The zero-order chi connectivity index (χ0) is 8.27. The Morgan fingerprint density at radius 2 is 2.18 bits per heavy atom. The molecule has 1 unspecified atom stereocenters. The van der Waals surface area contributed by atoms with Gasteiger partial charge < -0.3 is 14.6 Å². The second-order valence-corrected chi connectivity index (χ2v) is 2.74. The van der Waals surface area contributed by atoms with Gasteiger partial charge in [0, 0.05) is 6.42 Å². The van der Waals surface area contributed by atoms with Crippen LogP contribution >= 0.6 is 11.6 Å². The van der Waals surface area contributed by atoms with Crippen molar-refractivity contribution in [2.24, 2.45) is 0 Å². The molecule has 5 heteroatoms. The van der Waals surface area contributed by atoms with Crippen molar-refractivity contribution in [3.63, 3.8) is 0 Å². The van der Waals surface area contributed by atoms with Gasteiger partial charge in [-0.2, -0.15) is 0 Å². The molecule has 1 N–H and O–H groups in total. The third-order valence-corrected chi connectivity index (χ3v) is 1.72. The average molecular weight is 181 g/mol. The molecule has 4 nitrogen and oxygen atoms in total. The number of ether oxygens (including phenoxy) is 2. The molecule has 1 atom stereocenters. The van der Waals surface area contributed by atoms with E-state index in [9.17, 15) is 4.79 Å². The Labute approximate surface area is 69.0 Å². The van der Waals surface area contributed by atoms with Gasteiger partial charge in [-0.1, -0.05) is 0 Å². The number of hydrogen-bond acceptors (Lipinski definition) is 3. The first kappa shape index (κ1) is 8.77. The monoisotopic (exact) mass is 180 g/mol. The smallest absolute Gasteiger partial charge is 0.321 e. The molecule has 0 aromatic carbocycles. The van der Waals surface area contributed by atoms with Crippen LogP contribution in [-0.2, 0) is 14.3 Å². The van der Waals surface area contributed by atoms with Crippen molar-refractivity contribution in [1.82, 2.24) is 0 Å². The van der Waals surface area contributed by atoms with Crippen LogP contribution in [0.5, 0.6) is 0 Å². The van der Waals surface area contributed by atoms with Crippen molar-refractivity contribution in [1.29, 1.82) is 0 Å². The topological polar surface area (TPSA) is 55.8 Å². The van der Waals surface area contributed by atoms with Crippen LogP contribution in [0, 0.1) is 0 Å². The molecule has 0 amide bonds. The summed E-state index contributed by atoms with van der Waals surface area (Å²) in [5, 5.41) is 7.48. The van der Waals surface area contributed by atoms with Crippen LogP contribution in [0.15, 0.2) is 0 Å². The minimum atomic E-state index is -1.04. The number of halogens is 1. The molecule has 0 aromatic heterocycles. The molecule has 0 bridgehead atoms. The van der Waals surface area contributed by atoms with Crippen LogP contribution in [0.4, 0.5) is 0 Å². The molecule has 1 fully saturated rings. The molecule has 1 saturated heterocycles. The number of carboxylic acids is 1. The Kier molecular flexibility index (Phi) is 3.11. The fraction of sp³-hybridized carbons (Fsp3) is 0.833. The number of rotatable bonds is 3. The zero-order valence-electron chi connectivity index (χ0n) is 5.83. The summed E-state index contributed by atoms with van der Waals surface area (Å²) in [6.45, 7) is 1.04. The maximum Gasteiger partial charge on any atom is 0.321 e. The van der Waals surface area contributed by atoms with E-state index in [-0.39, 0.29) is 6.42 Å². The van der Waals surface area contributed by atoms with Crippen LogP contribution in [0.3, 0.4) is 0 Å². The predicted molar refractivity (Wildman–Crippen MR) is 37.6 cm³/mol. The van der Waals surface area contributed by atoms with Crippen LogP contribution in [0.2, 0.25) is 0 Å². The average Bonchev–Trinajstić information content (AvgIpc) is 2.39. The minimum Gasteiger partial charge on any atom is -0.480 e. The second kappa shape index (κ2) is 3.90. The van der Waals surface area contributed by atoms with Gasteiger partial charge >= 0.3 is 5.97 Å². The van der Waals surface area contributed by atoms with Crippen molar-refractivity contribution in [3.05, 3.63) is 0 Å². The number of carbonyl (C=O) groups is 1. The van der Waals surface area contributed by atoms with Gasteiger partial charge in [-0.15, -0.1) is 11.6 Å². The number of aliphatic carboxylic acids is 1. The van der Waals surface area contributed by atoms with Crippen molar-refractivity contribution < 1.29 is 19.4 Å². The lowest BCUT2D eigenvalue weighted by Gasteiger charge is -2.09. The van der Waals surface area contributed by atoms with Crippen LogP contribution < -0.4 is 0 Å². The molecular weight excluding hydrogens is 172 g/mol. The van der Waals surface area contributed by atoms with E-state index in [0.717, 1.165) is 0 Å². The Hall–Kier alpha value is -0.320. The SMILES string of the molecule is O=C(O)C(Cl)CC1OCCO1. The first-order valence-electron chi connectivity index (χ1n) is 3.30. The maximum absolute atomic E-state index is 10.2. The number of hydrogen-bond donors (Lipinski definition) is 1. The van der Waals surface area contributed by atoms with Crippen molar-refractivity contribution in [3.8, 4) is 0 Å². The normalized spacial score (nSPS) is 21.9. The van der Waals surface area contributed by atoms with Crippen LogP contribution in [-0.4, -0.2) is 36.0 Å². The molecule has 11 heavy (non-hydrogen) atoms. The first-order chi connectivity index (χ1) is 5.20. The summed E-state index contributed by atoms with van der Waals surface area (Å²) in [7, 11) is 0. The molecule has 0 spiro atoms. The lowest BCUT2D eigenvalue weighted by atomic mass is 10.3. The van der Waals surface area contributed by atoms with Crippen LogP contribution in [0.25, 0.3) is 0 Å². The third kappa shape index (κ3) is 2.65. The lowest BCUT2D eigenvalue weighted by molar-refractivity contribution is -0.138. The highest BCUT2D eigenvalue weighted by Gasteiger charge is 2.23. The van der Waals surface area contributed by atoms with Gasteiger partial charge in [-0.3, -0.25) is 4.79 Å². The van der Waals surface area contributed by atoms with E-state index in [1.807, 2.05) is 0 Å². The summed E-state index contributed by atoms with van der Waals surface area (Å²) < 4.78 is 10.0. The molecule has 1 aliphatic heterocycles. The van der Waals surface area contributed by atoms with E-state index < -0.39 is 17.6 Å². The van der Waals surface area contributed by atoms with Gasteiger partial charge in [0.15, 0.2) is 6.29 Å². The Morgan fingerprint density at radius 3 is 2.64 bits per heavy atom. The van der Waals surface area contributed by atoms with Gasteiger partial charge in [0.05, 0.1) is 13.2 Å². The highest BCUT2D eigenvalue weighted by Crippen LogP contribution is 2.13. The number of alkyl halides is 1. The third-order valence-electron chi connectivity index (χ3n) is 1.36. The molecule has 0 aliphatic carbocycles. The summed E-state index contributed by atoms with van der Waals surface area (Å²) >= 11 is 5.44. The Morgan fingerprint density at radius 1 is 1.64 bits per heavy atom. The molecule has 64 valence electrons. The second-order valence-electron chi connectivity index (χ2n) is 2.21. The van der Waals surface area contributed by atoms with Gasteiger partial charge in [0.1, 0.15) is 5.38 Å². The van der Waals surface area contributed by atoms with Gasteiger partial charge in [-0.05, 0) is 0 Å². The molecule has 0 aromatic rings. The fourth-order valence-corrected chi connectivity index (χ4v) is 0.959. The molecule has 0 radical (unpaired) electrons. The molecule has 1 heterocycles. The molecular formula is C6H9ClO4. The first-order valence-corrected chi connectivity index (χ1v) is 3.74. The van der Waals surface area contributed by atoms with Crippen LogP contribution in [0.1, 0.15) is 6.42 Å². The van der Waals surface area contributed by atoms with E-state index in [0.29, 0.717) is 13.2 Å². The highest BCUT2D eigenvalue weighted by molar-refractivity contribution is 6.29. The lowest BCUT2D eigenvalue weighted by Crippen LogP contribution is -2.21. The van der Waals surface area contributed by atoms with E-state index in [1.165, 1.54) is 0 Å². The maximum atomic E-state index is 10.2. The van der Waals surface area contributed by atoms with Gasteiger partial charge in [-0.25, -0.2) is 0 Å². The number of carboxylic acid groups (broad SMARTS) is 1. The molecule has 0 saturated carbocycles. The van der Waals surface area contributed by atoms with Crippen molar-refractivity contribution in [2.45, 2.75) is 18.1 Å². The summed E-state index contributed by atoms with van der Waals surface area (Å²) in [6.07, 6.45) is -0.231. The molecule has 1 aliphatic rings. The fourth-order valence-electron chi connectivity index (χ4n) is 0.813. The minimum absolute atomic E-state index is 0.205. The zero-order valence-corrected chi connectivity index (χ0v) is 6.58. The highest BCUT2D eigenvalue weighted by atomic mass is 35.5. The van der Waals surface area contributed by atoms with E-state index in [4.69, 9.17) is 26.2 Å². The summed E-state index contributed by atoms with van der Waals surface area (Å²) in [4.78, 5) is 10.2. The Bertz CT molecular complexity index is 144. The van der Waals surface area contributed by atoms with E-state index >= 15 is 0 Å². The standard InChI is InChI=1S/C6H9ClO4/c7-4(6(8)9)3-5-10-1-2-11-5/h4-5H,1-3H2,(H,8,9).